The van der Waals surface area contributed by atoms with Crippen molar-refractivity contribution >= 4 is 38.2 Å². The van der Waals surface area contributed by atoms with Crippen molar-refractivity contribution in [2.75, 3.05) is 5.73 Å². The van der Waals surface area contributed by atoms with Crippen molar-refractivity contribution in [1.82, 2.24) is 4.98 Å². The lowest BCUT2D eigenvalue weighted by Crippen LogP contribution is -1.86. The van der Waals surface area contributed by atoms with E-state index in [1.807, 2.05) is 19.1 Å². The molecule has 0 amide bonds. The van der Waals surface area contributed by atoms with Gasteiger partial charge in [-0.3, -0.25) is 0 Å². The van der Waals surface area contributed by atoms with Gasteiger partial charge in [0.1, 0.15) is 5.52 Å². The maximum absolute atomic E-state index is 5.99. The molecule has 0 radical (unpaired) electrons. The largest absolute Gasteiger partial charge is 0.435 e. The molecule has 2 N–H and O–H groups in total. The number of hydrogen-bond donors (Lipinski definition) is 1. The van der Waals surface area contributed by atoms with Gasteiger partial charge in [-0.25, -0.2) is 4.98 Å². The average molecular weight is 294 g/mol. The van der Waals surface area contributed by atoms with Crippen LogP contribution in [0.4, 0.5) is 5.69 Å². The van der Waals surface area contributed by atoms with Crippen LogP contribution in [-0.2, 0) is 0 Å². The molecule has 21 heavy (non-hydrogen) atoms. The van der Waals surface area contributed by atoms with Crippen LogP contribution in [0, 0.1) is 13.8 Å². The van der Waals surface area contributed by atoms with E-state index >= 15 is 0 Å². The normalized spacial score (nSPS) is 11.5. The number of rotatable bonds is 1. The molecule has 2 aromatic heterocycles. The van der Waals surface area contributed by atoms with E-state index < -0.39 is 0 Å². The topological polar surface area (TPSA) is 52.0 Å². The maximum Gasteiger partial charge on any atom is 0.237 e. The van der Waals surface area contributed by atoms with Crippen molar-refractivity contribution in [3.8, 4) is 10.8 Å². The molecule has 0 bridgehead atoms. The number of nitrogen functional groups attached to an aromatic ring is 1. The van der Waals surface area contributed by atoms with Crippen molar-refractivity contribution in [3.05, 3.63) is 47.5 Å². The molecule has 0 unspecified atom stereocenters. The highest BCUT2D eigenvalue weighted by Gasteiger charge is 2.14. The number of thiophene rings is 1. The molecule has 0 aliphatic heterocycles. The molecule has 0 aliphatic carbocycles. The Balaban J connectivity index is 1.95. The van der Waals surface area contributed by atoms with E-state index in [2.05, 4.69) is 36.2 Å². The molecular weight excluding hydrogens is 280 g/mol. The zero-order chi connectivity index (χ0) is 14.6. The Hall–Kier alpha value is -2.33. The van der Waals surface area contributed by atoms with Crippen LogP contribution in [0.2, 0.25) is 0 Å². The second-order valence-electron chi connectivity index (χ2n) is 5.32. The molecule has 2 aromatic carbocycles. The standard InChI is InChI=1S/C17H14N2OS/c1-9-3-6-13-11(7-9)8-14(21-13)17-19-15-12(18)5-4-10(2)16(15)20-17/h3-8H,18H2,1-2H3. The molecule has 4 aromatic rings. The fourth-order valence-electron chi connectivity index (χ4n) is 2.53. The van der Waals surface area contributed by atoms with Gasteiger partial charge in [-0.1, -0.05) is 23.8 Å². The van der Waals surface area contributed by atoms with Gasteiger partial charge in [-0.05, 0) is 43.0 Å². The third kappa shape index (κ3) is 1.91. The number of nitrogens with zero attached hydrogens (tertiary/aromatic N) is 1. The first-order valence-electron chi connectivity index (χ1n) is 6.78. The SMILES string of the molecule is Cc1ccc2sc(-c3nc4c(N)ccc(C)c4o3)cc2c1. The fraction of sp³-hybridized carbons (Fsp3) is 0.118. The molecule has 4 rings (SSSR count). The van der Waals surface area contributed by atoms with E-state index in [-0.39, 0.29) is 0 Å². The summed E-state index contributed by atoms with van der Waals surface area (Å²) < 4.78 is 7.18. The van der Waals surface area contributed by atoms with Gasteiger partial charge in [-0.2, -0.15) is 0 Å². The predicted molar refractivity (Wildman–Crippen MR) is 88.7 cm³/mol. The Morgan fingerprint density at radius 2 is 1.95 bits per heavy atom. The lowest BCUT2D eigenvalue weighted by molar-refractivity contribution is 0.619. The van der Waals surface area contributed by atoms with Crippen LogP contribution in [0.25, 0.3) is 32.0 Å². The van der Waals surface area contributed by atoms with Crippen molar-refractivity contribution in [3.63, 3.8) is 0 Å². The molecular formula is C17H14N2OS. The Kier molecular flexibility index (Phi) is 2.56. The molecule has 3 nitrogen and oxygen atoms in total. The van der Waals surface area contributed by atoms with E-state index in [1.165, 1.54) is 15.6 Å². The van der Waals surface area contributed by atoms with Gasteiger partial charge in [0.25, 0.3) is 0 Å². The summed E-state index contributed by atoms with van der Waals surface area (Å²) in [7, 11) is 0. The molecule has 0 fully saturated rings. The number of aryl methyl sites for hydroxylation is 2. The first-order chi connectivity index (χ1) is 10.1. The minimum atomic E-state index is 0.643. The van der Waals surface area contributed by atoms with E-state index in [4.69, 9.17) is 10.2 Å². The summed E-state index contributed by atoms with van der Waals surface area (Å²) in [4.78, 5) is 5.61. The van der Waals surface area contributed by atoms with Crippen molar-refractivity contribution in [2.45, 2.75) is 13.8 Å². The Morgan fingerprint density at radius 3 is 2.76 bits per heavy atom. The monoisotopic (exact) mass is 294 g/mol. The summed E-state index contributed by atoms with van der Waals surface area (Å²) >= 11 is 1.69. The minimum Gasteiger partial charge on any atom is -0.435 e. The van der Waals surface area contributed by atoms with Gasteiger partial charge in [0, 0.05) is 4.70 Å². The Morgan fingerprint density at radius 1 is 1.10 bits per heavy atom. The van der Waals surface area contributed by atoms with Gasteiger partial charge >= 0.3 is 0 Å². The van der Waals surface area contributed by atoms with Gasteiger partial charge in [0.15, 0.2) is 5.58 Å². The van der Waals surface area contributed by atoms with Crippen LogP contribution >= 0.6 is 11.3 Å². The zero-order valence-electron chi connectivity index (χ0n) is 11.8. The smallest absolute Gasteiger partial charge is 0.237 e. The molecule has 0 aliphatic rings. The number of nitrogens with two attached hydrogens (primary N) is 1. The minimum absolute atomic E-state index is 0.643. The van der Waals surface area contributed by atoms with Crippen LogP contribution < -0.4 is 5.73 Å². The van der Waals surface area contributed by atoms with Crippen LogP contribution in [0.15, 0.2) is 40.8 Å². The van der Waals surface area contributed by atoms with Gasteiger partial charge in [-0.15, -0.1) is 11.3 Å². The van der Waals surface area contributed by atoms with Crippen LogP contribution in [0.1, 0.15) is 11.1 Å². The third-order valence-electron chi connectivity index (χ3n) is 3.65. The number of oxazole rings is 1. The van der Waals surface area contributed by atoms with E-state index in [9.17, 15) is 0 Å². The van der Waals surface area contributed by atoms with E-state index in [0.29, 0.717) is 11.6 Å². The highest BCUT2D eigenvalue weighted by atomic mass is 32.1. The summed E-state index contributed by atoms with van der Waals surface area (Å²) in [6.45, 7) is 4.10. The van der Waals surface area contributed by atoms with Gasteiger partial charge in [0.2, 0.25) is 5.89 Å². The van der Waals surface area contributed by atoms with Crippen LogP contribution in [0.5, 0.6) is 0 Å². The summed E-state index contributed by atoms with van der Waals surface area (Å²) in [5, 5.41) is 1.22. The van der Waals surface area contributed by atoms with E-state index in [0.717, 1.165) is 21.5 Å². The molecule has 0 saturated heterocycles. The first kappa shape index (κ1) is 12.4. The molecule has 0 atom stereocenters. The van der Waals surface area contributed by atoms with Crippen LogP contribution in [-0.4, -0.2) is 4.98 Å². The highest BCUT2D eigenvalue weighted by Crippen LogP contribution is 2.36. The van der Waals surface area contributed by atoms with Gasteiger partial charge in [0.05, 0.1) is 10.6 Å². The van der Waals surface area contributed by atoms with Crippen LogP contribution in [0.3, 0.4) is 0 Å². The predicted octanol–water partition coefficient (Wildman–Crippen LogP) is 4.91. The van der Waals surface area contributed by atoms with Gasteiger partial charge < -0.3 is 10.2 Å². The van der Waals surface area contributed by atoms with Crippen molar-refractivity contribution in [2.24, 2.45) is 0 Å². The zero-order valence-corrected chi connectivity index (χ0v) is 12.6. The Bertz CT molecular complexity index is 942. The lowest BCUT2D eigenvalue weighted by Gasteiger charge is -1.95. The summed E-state index contributed by atoms with van der Waals surface area (Å²) in [6.07, 6.45) is 0. The quantitative estimate of drug-likeness (QED) is 0.507. The molecule has 0 spiro atoms. The summed E-state index contributed by atoms with van der Waals surface area (Å²) in [5.41, 5.74) is 10.5. The highest BCUT2D eigenvalue weighted by molar-refractivity contribution is 7.22. The molecule has 2 heterocycles. The third-order valence-corrected chi connectivity index (χ3v) is 4.76. The summed E-state index contributed by atoms with van der Waals surface area (Å²) in [5.74, 6) is 0.643. The molecule has 4 heteroatoms. The molecule has 104 valence electrons. The van der Waals surface area contributed by atoms with Crippen molar-refractivity contribution < 1.29 is 4.42 Å². The van der Waals surface area contributed by atoms with Crippen molar-refractivity contribution in [1.29, 1.82) is 0 Å². The average Bonchev–Trinajstić information content (AvgIpc) is 3.06. The molecule has 0 saturated carbocycles. The maximum atomic E-state index is 5.99. The second kappa shape index (κ2) is 4.33. The fourth-order valence-corrected chi connectivity index (χ4v) is 3.50. The Labute approximate surface area is 126 Å². The lowest BCUT2D eigenvalue weighted by atomic mass is 10.2. The second-order valence-corrected chi connectivity index (χ2v) is 6.40. The first-order valence-corrected chi connectivity index (χ1v) is 7.59. The number of anilines is 1. The number of aromatic nitrogens is 1. The number of fused-ring (bicyclic) bond motifs is 2. The number of benzene rings is 2. The summed E-state index contributed by atoms with van der Waals surface area (Å²) in [6, 6.07) is 12.4. The number of hydrogen-bond acceptors (Lipinski definition) is 4. The van der Waals surface area contributed by atoms with E-state index in [1.54, 1.807) is 11.3 Å².